The van der Waals surface area contributed by atoms with Gasteiger partial charge in [-0.3, -0.25) is 0 Å². The molecule has 27 heavy (non-hydrogen) atoms. The molecule has 0 aliphatic carbocycles. The molecule has 3 rings (SSSR count). The number of ether oxygens (including phenoxy) is 1. The lowest BCUT2D eigenvalue weighted by molar-refractivity contribution is 0.363. The maximum Gasteiger partial charge on any atom is 0.123 e. The molecule has 0 fully saturated rings. The molecule has 0 saturated carbocycles. The summed E-state index contributed by atoms with van der Waals surface area (Å²) in [6.07, 6.45) is 11.0. The first-order valence-corrected chi connectivity index (χ1v) is 10.5. The molecule has 0 bridgehead atoms. The Morgan fingerprint density at radius 1 is 0.926 bits per heavy atom. The molecule has 0 radical (unpaired) electrons. The highest BCUT2D eigenvalue weighted by molar-refractivity contribution is 7.15. The molecule has 0 N–H and O–H groups in total. The maximum atomic E-state index is 5.66. The van der Waals surface area contributed by atoms with Crippen molar-refractivity contribution >= 4 is 11.3 Å². The Morgan fingerprint density at radius 2 is 1.59 bits per heavy atom. The van der Waals surface area contributed by atoms with Gasteiger partial charge in [0.15, 0.2) is 0 Å². The van der Waals surface area contributed by atoms with E-state index in [1.54, 1.807) is 0 Å². The predicted octanol–water partition coefficient (Wildman–Crippen LogP) is 7.16. The van der Waals surface area contributed by atoms with Crippen molar-refractivity contribution in [2.45, 2.75) is 39.5 Å². The van der Waals surface area contributed by atoms with Crippen LogP contribution < -0.4 is 4.74 Å². The molecule has 0 amide bonds. The predicted molar refractivity (Wildman–Crippen MR) is 117 cm³/mol. The van der Waals surface area contributed by atoms with Gasteiger partial charge >= 0.3 is 0 Å². The highest BCUT2D eigenvalue weighted by Gasteiger charge is 2.06. The van der Waals surface area contributed by atoms with Crippen LogP contribution in [0.1, 0.15) is 38.0 Å². The monoisotopic (exact) mass is 377 g/mol. The van der Waals surface area contributed by atoms with E-state index in [4.69, 9.17) is 4.74 Å². The normalized spacial score (nSPS) is 11.2. The van der Waals surface area contributed by atoms with Gasteiger partial charge in [-0.15, -0.1) is 11.3 Å². The van der Waals surface area contributed by atoms with Gasteiger partial charge in [0.25, 0.3) is 0 Å². The molecule has 1 heterocycles. The highest BCUT2D eigenvalue weighted by Crippen LogP contribution is 2.29. The highest BCUT2D eigenvalue weighted by atomic mass is 32.1. The average Bonchev–Trinajstić information content (AvgIpc) is 3.18. The minimum atomic E-state index is 0.610. The van der Waals surface area contributed by atoms with Gasteiger partial charge in [-0.1, -0.05) is 68.3 Å². The SMILES string of the molecule is C/C=C/COc1ccc(-c2ccc(-c3ncc(CCCCC)s3)cc2)cc1. The van der Waals surface area contributed by atoms with Crippen LogP contribution in [0.3, 0.4) is 0 Å². The third-order valence-electron chi connectivity index (χ3n) is 4.48. The molecule has 3 heteroatoms. The van der Waals surface area contributed by atoms with E-state index in [2.05, 4.69) is 48.3 Å². The summed E-state index contributed by atoms with van der Waals surface area (Å²) in [5.41, 5.74) is 3.59. The Balaban J connectivity index is 1.64. The Hall–Kier alpha value is -2.39. The van der Waals surface area contributed by atoms with Crippen molar-refractivity contribution in [3.8, 4) is 27.4 Å². The van der Waals surface area contributed by atoms with Crippen LogP contribution in [0.15, 0.2) is 66.9 Å². The lowest BCUT2D eigenvalue weighted by atomic mass is 10.0. The van der Waals surface area contributed by atoms with Gasteiger partial charge in [-0.25, -0.2) is 4.98 Å². The number of allylic oxidation sites excluding steroid dienone is 1. The topological polar surface area (TPSA) is 22.1 Å². The fourth-order valence-electron chi connectivity index (χ4n) is 2.90. The number of hydrogen-bond acceptors (Lipinski definition) is 3. The lowest BCUT2D eigenvalue weighted by Gasteiger charge is -2.06. The summed E-state index contributed by atoms with van der Waals surface area (Å²) in [7, 11) is 0. The second kappa shape index (κ2) is 10.1. The largest absolute Gasteiger partial charge is 0.490 e. The molecule has 2 nitrogen and oxygen atoms in total. The van der Waals surface area contributed by atoms with Crippen LogP contribution >= 0.6 is 11.3 Å². The third kappa shape index (κ3) is 5.54. The maximum absolute atomic E-state index is 5.66. The minimum Gasteiger partial charge on any atom is -0.490 e. The van der Waals surface area contributed by atoms with Crippen molar-refractivity contribution in [1.82, 2.24) is 4.98 Å². The lowest BCUT2D eigenvalue weighted by Crippen LogP contribution is -1.92. The van der Waals surface area contributed by atoms with E-state index < -0.39 is 0 Å². The number of aromatic nitrogens is 1. The molecule has 2 aromatic carbocycles. The summed E-state index contributed by atoms with van der Waals surface area (Å²) in [5, 5.41) is 1.11. The zero-order valence-corrected chi connectivity index (χ0v) is 17.0. The van der Waals surface area contributed by atoms with E-state index in [0.717, 1.165) is 17.2 Å². The molecule has 0 spiro atoms. The molecule has 140 valence electrons. The first kappa shape index (κ1) is 19.4. The standard InChI is InChI=1S/C24H27NOS/c1-3-5-7-8-23-18-25-24(27-23)21-11-9-19(10-12-21)20-13-15-22(16-14-20)26-17-6-4-2/h4,6,9-16,18H,3,5,7-8,17H2,1-2H3/b6-4+. The van der Waals surface area contributed by atoms with Gasteiger partial charge in [-0.2, -0.15) is 0 Å². The smallest absolute Gasteiger partial charge is 0.123 e. The molecular weight excluding hydrogens is 350 g/mol. The first-order valence-electron chi connectivity index (χ1n) is 9.69. The van der Waals surface area contributed by atoms with Crippen LogP contribution in [-0.2, 0) is 6.42 Å². The third-order valence-corrected chi connectivity index (χ3v) is 5.59. The number of unbranched alkanes of at least 4 members (excludes halogenated alkanes) is 2. The van der Waals surface area contributed by atoms with Crippen LogP contribution in [0, 0.1) is 0 Å². The van der Waals surface area contributed by atoms with Gasteiger partial charge in [0.2, 0.25) is 0 Å². The molecule has 3 aromatic rings. The fraction of sp³-hybridized carbons (Fsp3) is 0.292. The van der Waals surface area contributed by atoms with Crippen molar-refractivity contribution in [3.05, 3.63) is 71.8 Å². The van der Waals surface area contributed by atoms with Gasteiger partial charge in [-0.05, 0) is 43.0 Å². The van der Waals surface area contributed by atoms with Crippen molar-refractivity contribution in [2.24, 2.45) is 0 Å². The van der Waals surface area contributed by atoms with Gasteiger partial charge < -0.3 is 4.74 Å². The average molecular weight is 378 g/mol. The Bertz CT molecular complexity index is 847. The summed E-state index contributed by atoms with van der Waals surface area (Å²) >= 11 is 1.82. The van der Waals surface area contributed by atoms with E-state index >= 15 is 0 Å². The van der Waals surface area contributed by atoms with Gasteiger partial charge in [0.1, 0.15) is 17.4 Å². The van der Waals surface area contributed by atoms with E-state index in [0.29, 0.717) is 6.61 Å². The number of aryl methyl sites for hydroxylation is 1. The molecule has 0 saturated heterocycles. The van der Waals surface area contributed by atoms with Crippen molar-refractivity contribution in [1.29, 1.82) is 0 Å². The van der Waals surface area contributed by atoms with Crippen LogP contribution in [0.5, 0.6) is 5.75 Å². The van der Waals surface area contributed by atoms with E-state index in [-0.39, 0.29) is 0 Å². The zero-order valence-electron chi connectivity index (χ0n) is 16.2. The van der Waals surface area contributed by atoms with Crippen LogP contribution in [0.4, 0.5) is 0 Å². The molecule has 0 unspecified atom stereocenters. The number of rotatable bonds is 9. The molecule has 0 atom stereocenters. The number of benzene rings is 2. The van der Waals surface area contributed by atoms with Crippen LogP contribution in [-0.4, -0.2) is 11.6 Å². The Labute approximate surface area is 166 Å². The van der Waals surface area contributed by atoms with Gasteiger partial charge in [0, 0.05) is 16.6 Å². The Kier molecular flexibility index (Phi) is 7.23. The second-order valence-electron chi connectivity index (χ2n) is 6.57. The summed E-state index contributed by atoms with van der Waals surface area (Å²) in [5.74, 6) is 0.895. The number of thiazole rings is 1. The summed E-state index contributed by atoms with van der Waals surface area (Å²) < 4.78 is 5.66. The van der Waals surface area contributed by atoms with Crippen molar-refractivity contribution in [2.75, 3.05) is 6.61 Å². The Morgan fingerprint density at radius 3 is 2.26 bits per heavy atom. The second-order valence-corrected chi connectivity index (χ2v) is 7.69. The van der Waals surface area contributed by atoms with E-state index in [1.165, 1.54) is 40.8 Å². The molecular formula is C24H27NOS. The summed E-state index contributed by atoms with van der Waals surface area (Å²) in [6, 6.07) is 16.9. The zero-order chi connectivity index (χ0) is 18.9. The van der Waals surface area contributed by atoms with Gasteiger partial charge in [0.05, 0.1) is 0 Å². The molecule has 0 aliphatic heterocycles. The quantitative estimate of drug-likeness (QED) is 0.291. The van der Waals surface area contributed by atoms with Crippen molar-refractivity contribution in [3.63, 3.8) is 0 Å². The summed E-state index contributed by atoms with van der Waals surface area (Å²) in [4.78, 5) is 6.00. The molecule has 1 aromatic heterocycles. The molecule has 0 aliphatic rings. The first-order chi connectivity index (χ1) is 13.3. The van der Waals surface area contributed by atoms with Crippen molar-refractivity contribution < 1.29 is 4.74 Å². The number of nitrogens with zero attached hydrogens (tertiary/aromatic N) is 1. The minimum absolute atomic E-state index is 0.610. The van der Waals surface area contributed by atoms with Crippen LogP contribution in [0.2, 0.25) is 0 Å². The number of hydrogen-bond donors (Lipinski definition) is 0. The van der Waals surface area contributed by atoms with Crippen LogP contribution in [0.25, 0.3) is 21.7 Å². The fourth-order valence-corrected chi connectivity index (χ4v) is 3.85. The van der Waals surface area contributed by atoms with E-state index in [1.807, 2.05) is 48.7 Å². The van der Waals surface area contributed by atoms with E-state index in [9.17, 15) is 0 Å². The summed E-state index contributed by atoms with van der Waals surface area (Å²) in [6.45, 7) is 4.85.